The summed E-state index contributed by atoms with van der Waals surface area (Å²) in [7, 11) is 0. The molecule has 2 aromatic rings. The molecule has 0 saturated carbocycles. The lowest BCUT2D eigenvalue weighted by molar-refractivity contribution is -0.181. The van der Waals surface area contributed by atoms with E-state index in [1.807, 2.05) is 45.1 Å². The summed E-state index contributed by atoms with van der Waals surface area (Å²) in [5, 5.41) is 47.3. The van der Waals surface area contributed by atoms with Crippen LogP contribution in [0.25, 0.3) is 6.08 Å². The minimum atomic E-state index is -1.19. The molecule has 2 heterocycles. The first-order valence-corrected chi connectivity index (χ1v) is 16.8. The Morgan fingerprint density at radius 3 is 2.40 bits per heavy atom. The van der Waals surface area contributed by atoms with Gasteiger partial charge in [0, 0.05) is 38.2 Å². The second kappa shape index (κ2) is 15.3. The standard InChI is InChI=1S/C37H53N3O7/c1-7-8-26-20-29(42)28(31-21-30(43)33(44)32(22-41)47-31)19-27(26)18-25-10-9-24(17-23(25)2)11-12-36(3,4)34(45)39-37(5,6)35(46)40-15-13-38-14-16-40/h9-12,17,19-20,30-33,38,41-44H,7-8,13-16,18,21-22H2,1-6H3,(H,39,45)/b12-11+/t30-,31-,32-,33-/m1/s1. The molecule has 0 unspecified atom stereocenters. The molecule has 2 aromatic carbocycles. The second-order valence-electron chi connectivity index (χ2n) is 14.1. The van der Waals surface area contributed by atoms with Crippen LogP contribution in [0.4, 0.5) is 0 Å². The molecular weight excluding hydrogens is 598 g/mol. The third-order valence-electron chi connectivity index (χ3n) is 9.35. The molecule has 6 N–H and O–H groups in total. The van der Waals surface area contributed by atoms with Crippen LogP contribution < -0.4 is 10.6 Å². The van der Waals surface area contributed by atoms with Crippen LogP contribution in [-0.4, -0.2) is 93.8 Å². The van der Waals surface area contributed by atoms with Gasteiger partial charge in [-0.1, -0.05) is 43.7 Å². The highest BCUT2D eigenvalue weighted by Crippen LogP contribution is 2.38. The van der Waals surface area contributed by atoms with Gasteiger partial charge in [-0.2, -0.15) is 0 Å². The van der Waals surface area contributed by atoms with Crippen molar-refractivity contribution in [3.63, 3.8) is 0 Å². The van der Waals surface area contributed by atoms with Gasteiger partial charge in [0.2, 0.25) is 11.8 Å². The minimum absolute atomic E-state index is 0.0721. The van der Waals surface area contributed by atoms with Crippen LogP contribution in [0.15, 0.2) is 36.4 Å². The molecule has 4 atom stereocenters. The number of carbonyl (C=O) groups is 2. The molecule has 0 bridgehead atoms. The molecule has 2 amide bonds. The van der Waals surface area contributed by atoms with Crippen LogP contribution in [-0.2, 0) is 27.2 Å². The summed E-state index contributed by atoms with van der Waals surface area (Å²) in [6.07, 6.45) is 2.33. The van der Waals surface area contributed by atoms with Gasteiger partial charge in [0.25, 0.3) is 0 Å². The number of ether oxygens (including phenoxy) is 1. The molecule has 0 spiro atoms. The number of nitrogens with one attached hydrogen (secondary N) is 2. The lowest BCUT2D eigenvalue weighted by Gasteiger charge is -2.37. The average molecular weight is 652 g/mol. The highest BCUT2D eigenvalue weighted by atomic mass is 16.5. The number of rotatable bonds is 11. The van der Waals surface area contributed by atoms with Crippen molar-refractivity contribution >= 4 is 17.9 Å². The fourth-order valence-corrected chi connectivity index (χ4v) is 6.29. The maximum atomic E-state index is 13.3. The van der Waals surface area contributed by atoms with Gasteiger partial charge in [-0.25, -0.2) is 0 Å². The van der Waals surface area contributed by atoms with E-state index in [1.165, 1.54) is 0 Å². The van der Waals surface area contributed by atoms with E-state index in [0.29, 0.717) is 25.1 Å². The number of aliphatic hydroxyl groups is 3. The fourth-order valence-electron chi connectivity index (χ4n) is 6.29. The smallest absolute Gasteiger partial charge is 0.247 e. The Labute approximate surface area is 278 Å². The highest BCUT2D eigenvalue weighted by molar-refractivity contribution is 5.93. The SMILES string of the molecule is CCCc1cc(O)c([C@H]2C[C@@H](O)[C@@H](O)[C@@H](CO)O2)cc1Cc1ccc(/C=C/C(C)(C)C(=O)NC(C)(C)C(=O)N2CCNCC2)cc1C. The van der Waals surface area contributed by atoms with Crippen LogP contribution in [0.2, 0.25) is 0 Å². The third kappa shape index (κ3) is 8.80. The van der Waals surface area contributed by atoms with Crippen LogP contribution in [0.1, 0.15) is 86.9 Å². The summed E-state index contributed by atoms with van der Waals surface area (Å²) in [5.74, 6) is -0.238. The second-order valence-corrected chi connectivity index (χ2v) is 14.1. The third-order valence-corrected chi connectivity index (χ3v) is 9.35. The van der Waals surface area contributed by atoms with Crippen molar-refractivity contribution in [3.8, 4) is 5.75 Å². The molecule has 2 fully saturated rings. The van der Waals surface area contributed by atoms with Gasteiger partial charge in [0.1, 0.15) is 23.5 Å². The molecule has 10 nitrogen and oxygen atoms in total. The number of phenols is 1. The molecule has 258 valence electrons. The molecule has 0 aliphatic carbocycles. The molecule has 4 rings (SSSR count). The molecule has 2 aliphatic heterocycles. The number of benzene rings is 2. The van der Waals surface area contributed by atoms with Gasteiger partial charge in [-0.05, 0) is 87.4 Å². The van der Waals surface area contributed by atoms with Crippen LogP contribution in [0.5, 0.6) is 5.75 Å². The van der Waals surface area contributed by atoms with Crippen molar-refractivity contribution in [2.45, 2.75) is 97.2 Å². The molecule has 47 heavy (non-hydrogen) atoms. The van der Waals surface area contributed by atoms with Gasteiger partial charge in [0.15, 0.2) is 0 Å². The first-order chi connectivity index (χ1) is 22.2. The number of carbonyl (C=O) groups excluding carboxylic acids is 2. The highest BCUT2D eigenvalue weighted by Gasteiger charge is 2.39. The number of aliphatic hydroxyl groups excluding tert-OH is 3. The zero-order chi connectivity index (χ0) is 34.5. The quantitative estimate of drug-likeness (QED) is 0.217. The lowest BCUT2D eigenvalue weighted by Crippen LogP contribution is -2.60. The Hall–Kier alpha value is -3.28. The molecule has 2 aliphatic rings. The van der Waals surface area contributed by atoms with E-state index in [9.17, 15) is 30.0 Å². The van der Waals surface area contributed by atoms with E-state index in [-0.39, 0.29) is 24.0 Å². The number of nitrogens with zero attached hydrogens (tertiary/aromatic N) is 1. The summed E-state index contributed by atoms with van der Waals surface area (Å²) >= 11 is 0. The van der Waals surface area contributed by atoms with Crippen molar-refractivity contribution in [1.29, 1.82) is 0 Å². The van der Waals surface area contributed by atoms with Crippen LogP contribution in [0, 0.1) is 12.3 Å². The van der Waals surface area contributed by atoms with Gasteiger partial charge in [0.05, 0.1) is 24.2 Å². The van der Waals surface area contributed by atoms with Crippen molar-refractivity contribution in [2.24, 2.45) is 5.41 Å². The van der Waals surface area contributed by atoms with Gasteiger partial charge < -0.3 is 40.7 Å². The Morgan fingerprint density at radius 1 is 1.06 bits per heavy atom. The minimum Gasteiger partial charge on any atom is -0.508 e. The number of phenolic OH excluding ortho intramolecular Hbond substituents is 1. The fraction of sp³-hybridized carbons (Fsp3) is 0.568. The van der Waals surface area contributed by atoms with Crippen molar-refractivity contribution in [3.05, 3.63) is 69.8 Å². The Morgan fingerprint density at radius 2 is 1.77 bits per heavy atom. The zero-order valence-electron chi connectivity index (χ0n) is 28.7. The monoisotopic (exact) mass is 651 g/mol. The largest absolute Gasteiger partial charge is 0.508 e. The summed E-state index contributed by atoms with van der Waals surface area (Å²) in [4.78, 5) is 28.2. The normalized spacial score (nSPS) is 22.4. The first kappa shape index (κ1) is 36.6. The summed E-state index contributed by atoms with van der Waals surface area (Å²) in [6.45, 7) is 13.6. The van der Waals surface area contributed by atoms with Crippen LogP contribution >= 0.6 is 0 Å². The molecule has 10 heteroatoms. The van der Waals surface area contributed by atoms with Crippen molar-refractivity contribution in [2.75, 3.05) is 32.8 Å². The number of hydrogen-bond acceptors (Lipinski definition) is 8. The summed E-state index contributed by atoms with van der Waals surface area (Å²) < 4.78 is 5.89. The van der Waals surface area contributed by atoms with Gasteiger partial charge in [-0.15, -0.1) is 0 Å². The Bertz CT molecular complexity index is 1450. The number of aromatic hydroxyl groups is 1. The van der Waals surface area contributed by atoms with Gasteiger partial charge >= 0.3 is 0 Å². The number of aryl methyl sites for hydroxylation is 2. The lowest BCUT2D eigenvalue weighted by atomic mass is 9.87. The molecule has 2 saturated heterocycles. The number of amides is 2. The summed E-state index contributed by atoms with van der Waals surface area (Å²) in [5.41, 5.74) is 3.83. The van der Waals surface area contributed by atoms with Crippen molar-refractivity contribution < 1.29 is 34.8 Å². The van der Waals surface area contributed by atoms with E-state index < -0.39 is 42.0 Å². The van der Waals surface area contributed by atoms with E-state index >= 15 is 0 Å². The predicted octanol–water partition coefficient (Wildman–Crippen LogP) is 3.15. The van der Waals surface area contributed by atoms with E-state index in [4.69, 9.17) is 4.74 Å². The van der Waals surface area contributed by atoms with E-state index in [2.05, 4.69) is 29.7 Å². The maximum absolute atomic E-state index is 13.3. The predicted molar refractivity (Wildman–Crippen MR) is 182 cm³/mol. The zero-order valence-corrected chi connectivity index (χ0v) is 28.7. The maximum Gasteiger partial charge on any atom is 0.247 e. The molecular formula is C37H53N3O7. The topological polar surface area (TPSA) is 152 Å². The first-order valence-electron chi connectivity index (χ1n) is 16.8. The van der Waals surface area contributed by atoms with Crippen LogP contribution in [0.3, 0.4) is 0 Å². The Kier molecular flexibility index (Phi) is 11.9. The van der Waals surface area contributed by atoms with E-state index in [0.717, 1.165) is 53.7 Å². The van der Waals surface area contributed by atoms with E-state index in [1.54, 1.807) is 24.8 Å². The molecule has 0 aromatic heterocycles. The number of piperazine rings is 1. The summed E-state index contributed by atoms with van der Waals surface area (Å²) in [6, 6.07) is 9.85. The molecule has 0 radical (unpaired) electrons. The average Bonchev–Trinajstić information content (AvgIpc) is 3.03. The van der Waals surface area contributed by atoms with Gasteiger partial charge in [-0.3, -0.25) is 9.59 Å². The Balaban J connectivity index is 1.49. The number of hydrogen-bond donors (Lipinski definition) is 6. The van der Waals surface area contributed by atoms with Crippen molar-refractivity contribution in [1.82, 2.24) is 15.5 Å².